The Balaban J connectivity index is 4.06. The second-order valence-corrected chi connectivity index (χ2v) is 3.27. The molecule has 1 atom stereocenters. The van der Waals surface area contributed by atoms with Gasteiger partial charge < -0.3 is 5.73 Å². The normalized spacial score (nSPS) is 15.2. The van der Waals surface area contributed by atoms with Crippen molar-refractivity contribution in [2.45, 2.75) is 13.0 Å². The van der Waals surface area contributed by atoms with Gasteiger partial charge in [0, 0.05) is 0 Å². The van der Waals surface area contributed by atoms with Crippen molar-refractivity contribution in [3.8, 4) is 0 Å². The van der Waals surface area contributed by atoms with Crippen LogP contribution in [0.1, 0.15) is 6.92 Å². The van der Waals surface area contributed by atoms with E-state index in [-0.39, 0.29) is 0 Å². The fourth-order valence-corrected chi connectivity index (χ4v) is 0.820. The van der Waals surface area contributed by atoms with E-state index in [2.05, 4.69) is 0 Å². The van der Waals surface area contributed by atoms with Crippen LogP contribution < -0.4 is 5.73 Å². The van der Waals surface area contributed by atoms with Crippen LogP contribution in [0.2, 0.25) is 0 Å². The van der Waals surface area contributed by atoms with Crippen molar-refractivity contribution >= 4 is 13.5 Å². The van der Waals surface area contributed by atoms with Crippen molar-refractivity contribution in [2.75, 3.05) is 0 Å². The van der Waals surface area contributed by atoms with Gasteiger partial charge in [-0.1, -0.05) is 0 Å². The molecule has 0 spiro atoms. The van der Waals surface area contributed by atoms with Gasteiger partial charge in [-0.15, -0.1) is 0 Å². The lowest BCUT2D eigenvalue weighted by molar-refractivity contribution is -0.114. The number of rotatable bonds is 2. The molecular weight excluding hydrogens is 145 g/mol. The van der Waals surface area contributed by atoms with E-state index < -0.39 is 19.5 Å². The first kappa shape index (κ1) is 8.94. The van der Waals surface area contributed by atoms with E-state index in [1.165, 1.54) is 6.92 Å². The van der Waals surface area contributed by atoms with Gasteiger partial charge in [-0.25, -0.2) is 4.79 Å². The molecular formula is C3H9NO4P+. The first-order valence-electron chi connectivity index (χ1n) is 2.23. The molecule has 0 aromatic heterocycles. The van der Waals surface area contributed by atoms with E-state index in [0.29, 0.717) is 0 Å². The monoisotopic (exact) mass is 154 g/mol. The van der Waals surface area contributed by atoms with Gasteiger partial charge in [-0.2, -0.15) is 14.7 Å². The molecule has 0 aliphatic rings. The van der Waals surface area contributed by atoms with Crippen LogP contribution in [-0.2, 0) is 4.79 Å². The summed E-state index contributed by atoms with van der Waals surface area (Å²) in [5.41, 5.74) is 3.81. The average Bonchev–Trinajstić information content (AvgIpc) is 1.62. The molecule has 54 valence electrons. The topological polar surface area (TPSA) is 104 Å². The number of carbonyl (C=O) groups excluding carboxylic acids is 1. The minimum absolute atomic E-state index is 1.03. The van der Waals surface area contributed by atoms with Crippen molar-refractivity contribution in [2.24, 2.45) is 5.73 Å². The maximum atomic E-state index is 10.3. The Morgan fingerprint density at radius 3 is 1.89 bits per heavy atom. The highest BCUT2D eigenvalue weighted by molar-refractivity contribution is 7.76. The number of carbonyl (C=O) groups is 1. The van der Waals surface area contributed by atoms with Crippen molar-refractivity contribution < 1.29 is 19.5 Å². The van der Waals surface area contributed by atoms with E-state index in [1.54, 1.807) is 0 Å². The fourth-order valence-electron chi connectivity index (χ4n) is 0.273. The zero-order valence-corrected chi connectivity index (χ0v) is 5.75. The first-order chi connectivity index (χ1) is 3.85. The minimum Gasteiger partial charge on any atom is -0.318 e. The molecule has 0 radical (unpaired) electrons. The molecule has 6 heteroatoms. The molecule has 0 bridgehead atoms. The zero-order valence-electron chi connectivity index (χ0n) is 4.85. The Kier molecular flexibility index (Phi) is 2.66. The lowest BCUT2D eigenvalue weighted by Crippen LogP contribution is -2.28. The Labute approximate surface area is 52.7 Å². The van der Waals surface area contributed by atoms with Crippen LogP contribution in [0, 0.1) is 0 Å². The molecule has 1 unspecified atom stereocenters. The predicted molar refractivity (Wildman–Crippen MR) is 32.2 cm³/mol. The minimum atomic E-state index is -4.33. The maximum absolute atomic E-state index is 10.3. The van der Waals surface area contributed by atoms with Crippen molar-refractivity contribution in [3.05, 3.63) is 0 Å². The molecule has 5 N–H and O–H groups in total. The van der Waals surface area contributed by atoms with Crippen molar-refractivity contribution in [1.82, 2.24) is 0 Å². The fraction of sp³-hybridized carbons (Fsp3) is 0.667. The third kappa shape index (κ3) is 2.84. The van der Waals surface area contributed by atoms with Crippen LogP contribution in [-0.4, -0.2) is 26.2 Å². The van der Waals surface area contributed by atoms with E-state index in [9.17, 15) is 4.79 Å². The van der Waals surface area contributed by atoms with Gasteiger partial charge >= 0.3 is 13.5 Å². The molecule has 0 aromatic carbocycles. The maximum Gasteiger partial charge on any atom is 0.480 e. The van der Waals surface area contributed by atoms with Gasteiger partial charge in [0.05, 0.1) is 0 Å². The summed E-state index contributed by atoms with van der Waals surface area (Å²) < 4.78 is 0. The molecule has 5 nitrogen and oxygen atoms in total. The quantitative estimate of drug-likeness (QED) is 0.366. The standard InChI is InChI=1S/C3H9NO4P/c1-2(4)3(5)9(6,7)8/h2,6-8H,4H2,1H3/q+1. The average molecular weight is 154 g/mol. The highest BCUT2D eigenvalue weighted by atomic mass is 31.2. The van der Waals surface area contributed by atoms with E-state index in [4.69, 9.17) is 20.4 Å². The highest BCUT2D eigenvalue weighted by Gasteiger charge is 2.44. The molecule has 0 heterocycles. The molecule has 0 aliphatic carbocycles. The largest absolute Gasteiger partial charge is 0.480 e. The predicted octanol–water partition coefficient (Wildman–Crippen LogP) is -1.40. The lowest BCUT2D eigenvalue weighted by Gasteiger charge is -2.02. The zero-order chi connectivity index (χ0) is 7.65. The van der Waals surface area contributed by atoms with Gasteiger partial charge in [0.1, 0.15) is 6.04 Å². The van der Waals surface area contributed by atoms with Crippen LogP contribution in [0.15, 0.2) is 0 Å². The van der Waals surface area contributed by atoms with Gasteiger partial charge in [0.2, 0.25) is 0 Å². The summed E-state index contributed by atoms with van der Waals surface area (Å²) >= 11 is 0. The summed E-state index contributed by atoms with van der Waals surface area (Å²) in [4.78, 5) is 35.1. The summed E-state index contributed by atoms with van der Waals surface area (Å²) in [5, 5.41) is 0. The van der Waals surface area contributed by atoms with Crippen LogP contribution in [0.25, 0.3) is 0 Å². The Morgan fingerprint density at radius 1 is 1.56 bits per heavy atom. The number of hydrogen-bond donors (Lipinski definition) is 4. The van der Waals surface area contributed by atoms with Crippen LogP contribution in [0.5, 0.6) is 0 Å². The highest BCUT2D eigenvalue weighted by Crippen LogP contribution is 2.45. The molecule has 0 aromatic rings. The molecule has 9 heavy (non-hydrogen) atoms. The number of nitrogens with two attached hydrogens (primary N) is 1. The molecule has 0 amide bonds. The van der Waals surface area contributed by atoms with Gasteiger partial charge in [-0.05, 0) is 6.92 Å². The van der Waals surface area contributed by atoms with E-state index in [0.717, 1.165) is 0 Å². The summed E-state index contributed by atoms with van der Waals surface area (Å²) in [7, 11) is -4.33. The third-order valence-corrected chi connectivity index (χ3v) is 1.68. The van der Waals surface area contributed by atoms with Crippen LogP contribution >= 0.6 is 7.94 Å². The SMILES string of the molecule is CC(N)C(=O)[P+](O)(O)O. The van der Waals surface area contributed by atoms with Gasteiger partial charge in [0.25, 0.3) is 0 Å². The van der Waals surface area contributed by atoms with E-state index in [1.807, 2.05) is 0 Å². The second-order valence-electron chi connectivity index (χ2n) is 1.70. The van der Waals surface area contributed by atoms with E-state index >= 15 is 0 Å². The summed E-state index contributed by atoms with van der Waals surface area (Å²) in [6.07, 6.45) is 0. The van der Waals surface area contributed by atoms with Gasteiger partial charge in [0.15, 0.2) is 0 Å². The molecule has 0 saturated heterocycles. The molecule has 0 fully saturated rings. The van der Waals surface area contributed by atoms with Crippen molar-refractivity contribution in [1.29, 1.82) is 0 Å². The Bertz CT molecular complexity index is 117. The summed E-state index contributed by atoms with van der Waals surface area (Å²) in [6.45, 7) is 1.26. The lowest BCUT2D eigenvalue weighted by atomic mass is 10.4. The van der Waals surface area contributed by atoms with Crippen LogP contribution in [0.4, 0.5) is 0 Å². The van der Waals surface area contributed by atoms with Crippen LogP contribution in [0.3, 0.4) is 0 Å². The summed E-state index contributed by atoms with van der Waals surface area (Å²) in [5.74, 6) is 0. The first-order valence-corrected chi connectivity index (χ1v) is 3.87. The Morgan fingerprint density at radius 2 is 1.89 bits per heavy atom. The smallest absolute Gasteiger partial charge is 0.318 e. The summed E-state index contributed by atoms with van der Waals surface area (Å²) in [6, 6.07) is -1.03. The third-order valence-electron chi connectivity index (χ3n) is 0.685. The number of hydrogen-bond acceptors (Lipinski definition) is 5. The van der Waals surface area contributed by atoms with Gasteiger partial charge in [-0.3, -0.25) is 0 Å². The molecule has 0 aliphatic heterocycles. The second kappa shape index (κ2) is 2.68. The Hall–Kier alpha value is -0.0600. The van der Waals surface area contributed by atoms with Crippen molar-refractivity contribution in [3.63, 3.8) is 0 Å². The molecule has 0 saturated carbocycles. The molecule has 0 rings (SSSR count).